The van der Waals surface area contributed by atoms with E-state index in [0.29, 0.717) is 36.1 Å². The highest BCUT2D eigenvalue weighted by Crippen LogP contribution is 2.33. The fourth-order valence-electron chi connectivity index (χ4n) is 3.19. The molecule has 1 saturated carbocycles. The van der Waals surface area contributed by atoms with E-state index in [1.807, 2.05) is 18.2 Å². The smallest absolute Gasteiger partial charge is 0.294 e. The van der Waals surface area contributed by atoms with Crippen LogP contribution in [0, 0.1) is 5.92 Å². The van der Waals surface area contributed by atoms with Crippen molar-refractivity contribution in [3.8, 4) is 11.3 Å². The fraction of sp³-hybridized carbons (Fsp3) is 0.350. The van der Waals surface area contributed by atoms with E-state index >= 15 is 0 Å². The van der Waals surface area contributed by atoms with Crippen LogP contribution < -0.4 is 10.9 Å². The molecule has 3 aromatic rings. The summed E-state index contributed by atoms with van der Waals surface area (Å²) in [5.74, 6) is 0.113. The molecule has 28 heavy (non-hydrogen) atoms. The lowest BCUT2D eigenvalue weighted by Crippen LogP contribution is -2.26. The maximum Gasteiger partial charge on any atom is 0.294 e. The van der Waals surface area contributed by atoms with E-state index in [0.717, 1.165) is 18.4 Å². The van der Waals surface area contributed by atoms with E-state index in [9.17, 15) is 9.59 Å². The third-order valence-corrected chi connectivity index (χ3v) is 5.19. The average molecular weight is 401 g/mol. The number of hydrogen-bond acceptors (Lipinski definition) is 4. The number of amides is 1. The summed E-state index contributed by atoms with van der Waals surface area (Å²) in [6.45, 7) is 0.958. The normalized spacial score (nSPS) is 13.8. The first-order valence-corrected chi connectivity index (χ1v) is 9.73. The van der Waals surface area contributed by atoms with Gasteiger partial charge in [0.1, 0.15) is 5.69 Å². The van der Waals surface area contributed by atoms with Gasteiger partial charge >= 0.3 is 0 Å². The zero-order valence-electron chi connectivity index (χ0n) is 15.3. The highest BCUT2D eigenvalue weighted by Gasteiger charge is 2.25. The number of aliphatic hydroxyl groups is 1. The number of imidazole rings is 1. The summed E-state index contributed by atoms with van der Waals surface area (Å²) >= 11 is 6.39. The van der Waals surface area contributed by atoms with Crippen molar-refractivity contribution >= 4 is 23.2 Å². The number of carbonyl (C=O) groups is 1. The molecule has 8 heteroatoms. The van der Waals surface area contributed by atoms with Gasteiger partial charge in [0.25, 0.3) is 11.5 Å². The first-order valence-electron chi connectivity index (χ1n) is 9.35. The maximum absolute atomic E-state index is 13.2. The Bertz CT molecular complexity index is 1080. The fourth-order valence-corrected chi connectivity index (χ4v) is 3.42. The Morgan fingerprint density at radius 2 is 2.07 bits per heavy atom. The topological polar surface area (TPSA) is 88.6 Å². The quantitative estimate of drug-likeness (QED) is 0.596. The molecule has 146 valence electrons. The predicted molar refractivity (Wildman–Crippen MR) is 107 cm³/mol. The van der Waals surface area contributed by atoms with Crippen molar-refractivity contribution in [2.75, 3.05) is 13.2 Å². The molecule has 2 N–H and O–H groups in total. The Morgan fingerprint density at radius 3 is 2.79 bits per heavy atom. The van der Waals surface area contributed by atoms with Gasteiger partial charge in [-0.25, -0.2) is 4.98 Å². The molecule has 0 atom stereocenters. The molecule has 2 aromatic heterocycles. The minimum atomic E-state index is -0.371. The van der Waals surface area contributed by atoms with Gasteiger partial charge in [-0.15, -0.1) is 0 Å². The van der Waals surface area contributed by atoms with Crippen molar-refractivity contribution < 1.29 is 9.90 Å². The van der Waals surface area contributed by atoms with Gasteiger partial charge < -0.3 is 15.0 Å². The largest absolute Gasteiger partial charge is 0.396 e. The maximum atomic E-state index is 13.2. The zero-order valence-corrected chi connectivity index (χ0v) is 16.0. The number of nitrogens with zero attached hydrogens (tertiary/aromatic N) is 3. The average Bonchev–Trinajstić information content (AvgIpc) is 3.40. The summed E-state index contributed by atoms with van der Waals surface area (Å²) in [6, 6.07) is 7.40. The van der Waals surface area contributed by atoms with Crippen molar-refractivity contribution in [3.05, 3.63) is 57.7 Å². The molecule has 0 spiro atoms. The Labute approximate surface area is 166 Å². The second-order valence-electron chi connectivity index (χ2n) is 7.04. The molecular weight excluding hydrogens is 380 g/mol. The molecule has 7 nitrogen and oxygen atoms in total. The van der Waals surface area contributed by atoms with Crippen LogP contribution in [0.1, 0.15) is 29.8 Å². The number of carbonyl (C=O) groups excluding carboxylic acids is 1. The van der Waals surface area contributed by atoms with Crippen LogP contribution in [-0.2, 0) is 6.54 Å². The van der Waals surface area contributed by atoms with Crippen LogP contribution >= 0.6 is 11.6 Å². The third kappa shape index (κ3) is 3.68. The Hall–Kier alpha value is -2.64. The molecule has 0 radical (unpaired) electrons. The molecule has 1 aromatic carbocycles. The summed E-state index contributed by atoms with van der Waals surface area (Å²) in [7, 11) is 0. The molecule has 1 aliphatic rings. The van der Waals surface area contributed by atoms with E-state index in [1.165, 1.54) is 0 Å². The van der Waals surface area contributed by atoms with Gasteiger partial charge in [0, 0.05) is 42.7 Å². The standard InChI is InChI=1S/C20H21ClN4O3/c21-15-5-2-1-4-14(15)17-12-24-11-16(19(27)22-8-3-9-26)23-18(24)20(28)25(17)10-13-6-7-13/h1-2,4-5,11-13,26H,3,6-10H2,(H,22,27). The van der Waals surface area contributed by atoms with Crippen molar-refractivity contribution in [2.45, 2.75) is 25.8 Å². The second-order valence-corrected chi connectivity index (χ2v) is 7.45. The zero-order chi connectivity index (χ0) is 19.7. The molecular formula is C20H21ClN4O3. The molecule has 1 aliphatic carbocycles. The van der Waals surface area contributed by atoms with Gasteiger partial charge in [0.05, 0.1) is 5.69 Å². The lowest BCUT2D eigenvalue weighted by molar-refractivity contribution is 0.0947. The van der Waals surface area contributed by atoms with E-state index in [1.54, 1.807) is 27.4 Å². The second kappa shape index (κ2) is 7.77. The van der Waals surface area contributed by atoms with Crippen LogP contribution in [0.3, 0.4) is 0 Å². The highest BCUT2D eigenvalue weighted by atomic mass is 35.5. The summed E-state index contributed by atoms with van der Waals surface area (Å²) in [5, 5.41) is 12.1. The van der Waals surface area contributed by atoms with Crippen LogP contribution in [-0.4, -0.2) is 38.1 Å². The summed E-state index contributed by atoms with van der Waals surface area (Å²) in [6.07, 6.45) is 6.02. The van der Waals surface area contributed by atoms with E-state index in [-0.39, 0.29) is 29.4 Å². The van der Waals surface area contributed by atoms with Crippen molar-refractivity contribution in [2.24, 2.45) is 5.92 Å². The SMILES string of the molecule is O=C(NCCCO)c1cn2cc(-c3ccccc3Cl)n(CC3CC3)c(=O)c2n1. The lowest BCUT2D eigenvalue weighted by atomic mass is 10.1. The summed E-state index contributed by atoms with van der Waals surface area (Å²) in [4.78, 5) is 29.7. The number of benzene rings is 1. The van der Waals surface area contributed by atoms with Gasteiger partial charge in [0.2, 0.25) is 5.65 Å². The van der Waals surface area contributed by atoms with Crippen LogP contribution in [0.5, 0.6) is 0 Å². The number of halogens is 1. The van der Waals surface area contributed by atoms with Crippen molar-refractivity contribution in [1.29, 1.82) is 0 Å². The van der Waals surface area contributed by atoms with Gasteiger partial charge in [-0.1, -0.05) is 29.8 Å². The van der Waals surface area contributed by atoms with Crippen molar-refractivity contribution in [3.63, 3.8) is 0 Å². The minimum Gasteiger partial charge on any atom is -0.396 e. The number of nitrogens with one attached hydrogen (secondary N) is 1. The van der Waals surface area contributed by atoms with E-state index < -0.39 is 0 Å². The lowest BCUT2D eigenvalue weighted by Gasteiger charge is -2.14. The molecule has 0 unspecified atom stereocenters. The molecule has 2 heterocycles. The van der Waals surface area contributed by atoms with E-state index in [4.69, 9.17) is 16.7 Å². The number of aromatic nitrogens is 3. The molecule has 1 fully saturated rings. The number of hydrogen-bond donors (Lipinski definition) is 2. The predicted octanol–water partition coefficient (Wildman–Crippen LogP) is 2.34. The van der Waals surface area contributed by atoms with Gasteiger partial charge in [0.15, 0.2) is 0 Å². The number of aliphatic hydroxyl groups excluding tert-OH is 1. The molecule has 0 aliphatic heterocycles. The van der Waals surface area contributed by atoms with Crippen molar-refractivity contribution in [1.82, 2.24) is 19.3 Å². The third-order valence-electron chi connectivity index (χ3n) is 4.86. The number of rotatable bonds is 7. The molecule has 0 saturated heterocycles. The molecule has 0 bridgehead atoms. The van der Waals surface area contributed by atoms with Crippen LogP contribution in [0.25, 0.3) is 16.9 Å². The highest BCUT2D eigenvalue weighted by molar-refractivity contribution is 6.33. The monoisotopic (exact) mass is 400 g/mol. The molecule has 1 amide bonds. The van der Waals surface area contributed by atoms with Gasteiger partial charge in [-0.2, -0.15) is 0 Å². The van der Waals surface area contributed by atoms with Gasteiger partial charge in [-0.3, -0.25) is 14.0 Å². The summed E-state index contributed by atoms with van der Waals surface area (Å²) < 4.78 is 3.31. The first kappa shape index (κ1) is 18.7. The Balaban J connectivity index is 1.81. The van der Waals surface area contributed by atoms with Crippen LogP contribution in [0.4, 0.5) is 0 Å². The Kier molecular flexibility index (Phi) is 5.19. The van der Waals surface area contributed by atoms with E-state index in [2.05, 4.69) is 10.3 Å². The van der Waals surface area contributed by atoms with Crippen LogP contribution in [0.2, 0.25) is 5.02 Å². The first-order chi connectivity index (χ1) is 13.6. The minimum absolute atomic E-state index is 0.00147. The Morgan fingerprint density at radius 1 is 1.29 bits per heavy atom. The summed E-state index contributed by atoms with van der Waals surface area (Å²) in [5.41, 5.74) is 1.62. The molecule has 4 rings (SSSR count). The van der Waals surface area contributed by atoms with Gasteiger partial charge in [-0.05, 0) is 31.2 Å². The number of fused-ring (bicyclic) bond motifs is 1. The van der Waals surface area contributed by atoms with Crippen LogP contribution in [0.15, 0.2) is 41.5 Å².